The van der Waals surface area contributed by atoms with E-state index in [0.717, 1.165) is 37.2 Å². The summed E-state index contributed by atoms with van der Waals surface area (Å²) in [6.45, 7) is 4.11. The van der Waals surface area contributed by atoms with Crippen molar-refractivity contribution in [2.75, 3.05) is 24.6 Å². The molecule has 1 fully saturated rings. The van der Waals surface area contributed by atoms with E-state index >= 15 is 0 Å². The summed E-state index contributed by atoms with van der Waals surface area (Å²) in [4.78, 5) is 26.0. The normalized spacial score (nSPS) is 14.4. The smallest absolute Gasteiger partial charge is 0.407 e. The molecule has 2 aromatic rings. The molecule has 0 unspecified atom stereocenters. The summed E-state index contributed by atoms with van der Waals surface area (Å²) in [6, 6.07) is 17.2. The Morgan fingerprint density at radius 3 is 2.32 bits per heavy atom. The van der Waals surface area contributed by atoms with Crippen LogP contribution in [-0.2, 0) is 16.1 Å². The molecule has 1 amide bonds. The number of esters is 1. The number of nitrogens with zero attached hydrogens (tertiary/aromatic N) is 1. The molecule has 28 heavy (non-hydrogen) atoms. The Labute approximate surface area is 165 Å². The van der Waals surface area contributed by atoms with Crippen molar-refractivity contribution in [1.82, 2.24) is 5.32 Å². The summed E-state index contributed by atoms with van der Waals surface area (Å²) in [5, 5.41) is 2.95. The second kappa shape index (κ2) is 9.78. The van der Waals surface area contributed by atoms with Crippen LogP contribution in [0.3, 0.4) is 0 Å². The molecule has 1 aliphatic heterocycles. The number of ether oxygens (including phenoxy) is 2. The van der Waals surface area contributed by atoms with Crippen molar-refractivity contribution in [2.45, 2.75) is 32.4 Å². The molecule has 0 saturated carbocycles. The SMILES string of the molecule is CCOC(=O)c1ccc(N2CCC(NC(=O)OCc3ccccc3)CC2)cc1. The summed E-state index contributed by atoms with van der Waals surface area (Å²) in [6.07, 6.45) is 1.32. The summed E-state index contributed by atoms with van der Waals surface area (Å²) >= 11 is 0. The maximum atomic E-state index is 12.0. The zero-order valence-electron chi connectivity index (χ0n) is 16.1. The zero-order chi connectivity index (χ0) is 19.8. The van der Waals surface area contributed by atoms with Crippen molar-refractivity contribution in [3.8, 4) is 0 Å². The molecule has 6 heteroatoms. The van der Waals surface area contributed by atoms with Crippen molar-refractivity contribution in [3.63, 3.8) is 0 Å². The average Bonchev–Trinajstić information content (AvgIpc) is 2.74. The lowest BCUT2D eigenvalue weighted by atomic mass is 10.0. The van der Waals surface area contributed by atoms with E-state index in [9.17, 15) is 9.59 Å². The first-order chi connectivity index (χ1) is 13.7. The molecule has 1 heterocycles. The van der Waals surface area contributed by atoms with Crippen LogP contribution in [0.15, 0.2) is 54.6 Å². The molecule has 6 nitrogen and oxygen atoms in total. The van der Waals surface area contributed by atoms with Gasteiger partial charge in [-0.05, 0) is 49.6 Å². The van der Waals surface area contributed by atoms with Crippen LogP contribution in [0.1, 0.15) is 35.7 Å². The molecule has 0 radical (unpaired) electrons. The van der Waals surface area contributed by atoms with Crippen molar-refractivity contribution in [1.29, 1.82) is 0 Å². The first-order valence-corrected chi connectivity index (χ1v) is 9.65. The van der Waals surface area contributed by atoms with E-state index in [1.54, 1.807) is 19.1 Å². The maximum Gasteiger partial charge on any atom is 0.407 e. The lowest BCUT2D eigenvalue weighted by Crippen LogP contribution is -2.44. The van der Waals surface area contributed by atoms with E-state index in [4.69, 9.17) is 9.47 Å². The molecule has 1 aliphatic rings. The number of piperidine rings is 1. The first-order valence-electron chi connectivity index (χ1n) is 9.65. The van der Waals surface area contributed by atoms with Gasteiger partial charge in [-0.1, -0.05) is 30.3 Å². The van der Waals surface area contributed by atoms with Gasteiger partial charge in [-0.2, -0.15) is 0 Å². The highest BCUT2D eigenvalue weighted by atomic mass is 16.5. The topological polar surface area (TPSA) is 67.9 Å². The van der Waals surface area contributed by atoms with E-state index in [1.165, 1.54) is 0 Å². The fourth-order valence-electron chi connectivity index (χ4n) is 3.24. The van der Waals surface area contributed by atoms with Gasteiger partial charge in [0.15, 0.2) is 0 Å². The summed E-state index contributed by atoms with van der Waals surface area (Å²) < 4.78 is 10.3. The molecule has 3 rings (SSSR count). The highest BCUT2D eigenvalue weighted by molar-refractivity contribution is 5.89. The number of rotatable bonds is 6. The minimum Gasteiger partial charge on any atom is -0.462 e. The minimum atomic E-state index is -0.374. The molecular formula is C22H26N2O4. The highest BCUT2D eigenvalue weighted by Gasteiger charge is 2.21. The highest BCUT2D eigenvalue weighted by Crippen LogP contribution is 2.21. The second-order valence-electron chi connectivity index (χ2n) is 6.73. The molecule has 148 valence electrons. The van der Waals surface area contributed by atoms with Gasteiger partial charge in [-0.15, -0.1) is 0 Å². The summed E-state index contributed by atoms with van der Waals surface area (Å²) in [5.41, 5.74) is 2.60. The van der Waals surface area contributed by atoms with Crippen LogP contribution in [0, 0.1) is 0 Å². The van der Waals surface area contributed by atoms with Crippen LogP contribution in [-0.4, -0.2) is 37.8 Å². The Balaban J connectivity index is 1.42. The predicted octanol–water partition coefficient (Wildman–Crippen LogP) is 3.76. The largest absolute Gasteiger partial charge is 0.462 e. The predicted molar refractivity (Wildman–Crippen MR) is 107 cm³/mol. The minimum absolute atomic E-state index is 0.110. The van der Waals surface area contributed by atoms with E-state index in [0.29, 0.717) is 12.2 Å². The Bertz CT molecular complexity index is 769. The van der Waals surface area contributed by atoms with Gasteiger partial charge in [0, 0.05) is 24.8 Å². The molecule has 0 atom stereocenters. The van der Waals surface area contributed by atoms with Gasteiger partial charge >= 0.3 is 12.1 Å². The lowest BCUT2D eigenvalue weighted by molar-refractivity contribution is 0.0526. The van der Waals surface area contributed by atoms with E-state index in [2.05, 4.69) is 10.2 Å². The van der Waals surface area contributed by atoms with Gasteiger partial charge in [-0.25, -0.2) is 9.59 Å². The molecule has 0 bridgehead atoms. The third-order valence-corrected chi connectivity index (χ3v) is 4.77. The van der Waals surface area contributed by atoms with E-state index < -0.39 is 0 Å². The summed E-state index contributed by atoms with van der Waals surface area (Å²) in [7, 11) is 0. The molecule has 0 spiro atoms. The molecule has 2 aromatic carbocycles. The number of carbonyl (C=O) groups excluding carboxylic acids is 2. The number of hydrogen-bond acceptors (Lipinski definition) is 5. The number of carbonyl (C=O) groups is 2. The van der Waals surface area contributed by atoms with Gasteiger partial charge in [0.1, 0.15) is 6.61 Å². The van der Waals surface area contributed by atoms with Gasteiger partial charge in [-0.3, -0.25) is 0 Å². The van der Waals surface area contributed by atoms with E-state index in [-0.39, 0.29) is 24.7 Å². The Kier molecular flexibility index (Phi) is 6.89. The monoisotopic (exact) mass is 382 g/mol. The average molecular weight is 382 g/mol. The zero-order valence-corrected chi connectivity index (χ0v) is 16.1. The van der Waals surface area contributed by atoms with Crippen LogP contribution in [0.5, 0.6) is 0 Å². The number of hydrogen-bond donors (Lipinski definition) is 1. The van der Waals surface area contributed by atoms with Gasteiger partial charge in [0.05, 0.1) is 12.2 Å². The number of amides is 1. The van der Waals surface area contributed by atoms with Gasteiger partial charge in [0.2, 0.25) is 0 Å². The molecule has 1 N–H and O–H groups in total. The van der Waals surface area contributed by atoms with Crippen LogP contribution in [0.25, 0.3) is 0 Å². The molecule has 0 aromatic heterocycles. The van der Waals surface area contributed by atoms with Crippen LogP contribution in [0.4, 0.5) is 10.5 Å². The number of nitrogens with one attached hydrogen (secondary N) is 1. The Morgan fingerprint density at radius 2 is 1.68 bits per heavy atom. The Hall–Kier alpha value is -3.02. The standard InChI is InChI=1S/C22H26N2O4/c1-2-27-21(25)18-8-10-20(11-9-18)24-14-12-19(13-15-24)23-22(26)28-16-17-6-4-3-5-7-17/h3-11,19H,2,12-16H2,1H3,(H,23,26). The molecule has 1 saturated heterocycles. The first kappa shape index (κ1) is 19.7. The molecule has 0 aliphatic carbocycles. The van der Waals surface area contributed by atoms with Crippen molar-refractivity contribution in [3.05, 3.63) is 65.7 Å². The third kappa shape index (κ3) is 5.49. The molecular weight excluding hydrogens is 356 g/mol. The fraction of sp³-hybridized carbons (Fsp3) is 0.364. The number of benzene rings is 2. The van der Waals surface area contributed by atoms with Crippen molar-refractivity contribution < 1.29 is 19.1 Å². The summed E-state index contributed by atoms with van der Waals surface area (Å²) in [5.74, 6) is -0.300. The van der Waals surface area contributed by atoms with Crippen molar-refractivity contribution in [2.24, 2.45) is 0 Å². The fourth-order valence-corrected chi connectivity index (χ4v) is 3.24. The third-order valence-electron chi connectivity index (χ3n) is 4.77. The van der Waals surface area contributed by atoms with Gasteiger partial charge < -0.3 is 19.7 Å². The quantitative estimate of drug-likeness (QED) is 0.771. The van der Waals surface area contributed by atoms with E-state index in [1.807, 2.05) is 42.5 Å². The lowest BCUT2D eigenvalue weighted by Gasteiger charge is -2.33. The van der Waals surface area contributed by atoms with Crippen LogP contribution < -0.4 is 10.2 Å². The van der Waals surface area contributed by atoms with Crippen molar-refractivity contribution >= 4 is 17.7 Å². The maximum absolute atomic E-state index is 12.0. The number of anilines is 1. The van der Waals surface area contributed by atoms with Crippen LogP contribution >= 0.6 is 0 Å². The Morgan fingerprint density at radius 1 is 1.00 bits per heavy atom. The second-order valence-corrected chi connectivity index (χ2v) is 6.73. The number of alkyl carbamates (subject to hydrolysis) is 1. The van der Waals surface area contributed by atoms with Crippen LogP contribution in [0.2, 0.25) is 0 Å². The van der Waals surface area contributed by atoms with Gasteiger partial charge in [0.25, 0.3) is 0 Å².